The van der Waals surface area contributed by atoms with Crippen LogP contribution in [0.25, 0.3) is 11.1 Å². The first-order valence-electron chi connectivity index (χ1n) is 7.68. The van der Waals surface area contributed by atoms with Crippen molar-refractivity contribution < 1.29 is 9.84 Å². The van der Waals surface area contributed by atoms with Crippen LogP contribution in [0.3, 0.4) is 0 Å². The van der Waals surface area contributed by atoms with Gasteiger partial charge in [0.1, 0.15) is 11.5 Å². The Labute approximate surface area is 137 Å². The van der Waals surface area contributed by atoms with Gasteiger partial charge in [0, 0.05) is 12.0 Å². The Kier molecular flexibility index (Phi) is 4.33. The highest BCUT2D eigenvalue weighted by atomic mass is 16.5. The maximum absolute atomic E-state index is 9.97. The lowest BCUT2D eigenvalue weighted by molar-refractivity contribution is 0.416. The molecular formula is C21H20O2. The van der Waals surface area contributed by atoms with E-state index >= 15 is 0 Å². The molecule has 0 heterocycles. The molecule has 0 saturated carbocycles. The van der Waals surface area contributed by atoms with Gasteiger partial charge in [-0.05, 0) is 41.8 Å². The summed E-state index contributed by atoms with van der Waals surface area (Å²) in [6, 6.07) is 22.0. The van der Waals surface area contributed by atoms with E-state index in [-0.39, 0.29) is 0 Å². The molecule has 23 heavy (non-hydrogen) atoms. The lowest BCUT2D eigenvalue weighted by Crippen LogP contribution is -1.93. The van der Waals surface area contributed by atoms with Crippen molar-refractivity contribution in [3.05, 3.63) is 83.4 Å². The summed E-state index contributed by atoms with van der Waals surface area (Å²) in [5.41, 5.74) is 5.50. The maximum Gasteiger partial charge on any atom is 0.126 e. The first-order chi connectivity index (χ1) is 11.2. The molecule has 0 atom stereocenters. The lowest BCUT2D eigenvalue weighted by atomic mass is 9.97. The largest absolute Gasteiger partial charge is 0.508 e. The molecule has 0 aromatic heterocycles. The summed E-state index contributed by atoms with van der Waals surface area (Å²) >= 11 is 0. The Morgan fingerprint density at radius 1 is 0.913 bits per heavy atom. The van der Waals surface area contributed by atoms with Crippen molar-refractivity contribution in [2.45, 2.75) is 13.3 Å². The van der Waals surface area contributed by atoms with Gasteiger partial charge in [-0.1, -0.05) is 54.1 Å². The van der Waals surface area contributed by atoms with Gasteiger partial charge in [0.25, 0.3) is 0 Å². The number of phenolic OH excluding ortho intramolecular Hbond substituents is 1. The molecule has 0 aliphatic carbocycles. The lowest BCUT2D eigenvalue weighted by Gasteiger charge is -2.12. The molecule has 1 N–H and O–H groups in total. The van der Waals surface area contributed by atoms with E-state index < -0.39 is 0 Å². The third kappa shape index (κ3) is 3.37. The van der Waals surface area contributed by atoms with Gasteiger partial charge in [0.15, 0.2) is 0 Å². The minimum atomic E-state index is 0.334. The van der Waals surface area contributed by atoms with Crippen molar-refractivity contribution >= 4 is 0 Å². The molecule has 2 nitrogen and oxygen atoms in total. The predicted molar refractivity (Wildman–Crippen MR) is 94.1 cm³/mol. The van der Waals surface area contributed by atoms with Crippen molar-refractivity contribution in [2.75, 3.05) is 7.11 Å². The number of ether oxygens (including phenoxy) is 1. The molecule has 0 unspecified atom stereocenters. The van der Waals surface area contributed by atoms with Crippen molar-refractivity contribution in [3.63, 3.8) is 0 Å². The molecule has 0 fully saturated rings. The Balaban J connectivity index is 2.01. The van der Waals surface area contributed by atoms with Gasteiger partial charge in [-0.3, -0.25) is 0 Å². The number of aromatic hydroxyl groups is 1. The molecule has 2 heteroatoms. The smallest absolute Gasteiger partial charge is 0.126 e. The molecule has 0 radical (unpaired) electrons. The molecule has 0 bridgehead atoms. The third-order valence-electron chi connectivity index (χ3n) is 3.98. The summed E-state index contributed by atoms with van der Waals surface area (Å²) in [6.07, 6.45) is 0.690. The summed E-state index contributed by atoms with van der Waals surface area (Å²) in [5, 5.41) is 9.97. The summed E-state index contributed by atoms with van der Waals surface area (Å²) in [4.78, 5) is 0. The SMILES string of the molecule is COc1ccc(Cc2ccccc2O)cc1-c1cccc(C)c1. The second-order valence-electron chi connectivity index (χ2n) is 5.71. The number of para-hydroxylation sites is 1. The molecule has 3 aromatic carbocycles. The second-order valence-corrected chi connectivity index (χ2v) is 5.71. The fourth-order valence-corrected chi connectivity index (χ4v) is 2.78. The fraction of sp³-hybridized carbons (Fsp3) is 0.143. The van der Waals surface area contributed by atoms with E-state index in [1.165, 1.54) is 5.56 Å². The van der Waals surface area contributed by atoms with Gasteiger partial charge in [-0.25, -0.2) is 0 Å². The molecule has 116 valence electrons. The summed E-state index contributed by atoms with van der Waals surface area (Å²) in [5.74, 6) is 1.19. The van der Waals surface area contributed by atoms with Crippen LogP contribution in [0.5, 0.6) is 11.5 Å². The number of rotatable bonds is 4. The van der Waals surface area contributed by atoms with Crippen LogP contribution in [-0.2, 0) is 6.42 Å². The van der Waals surface area contributed by atoms with Crippen molar-refractivity contribution in [1.29, 1.82) is 0 Å². The van der Waals surface area contributed by atoms with Gasteiger partial charge in [0.2, 0.25) is 0 Å². The molecule has 0 aliphatic heterocycles. The van der Waals surface area contributed by atoms with Gasteiger partial charge in [-0.2, -0.15) is 0 Å². The Hall–Kier alpha value is -2.74. The molecule has 3 rings (SSSR count). The van der Waals surface area contributed by atoms with E-state index in [0.717, 1.165) is 28.0 Å². The van der Waals surface area contributed by atoms with Crippen molar-refractivity contribution in [1.82, 2.24) is 0 Å². The number of aryl methyl sites for hydroxylation is 1. The second kappa shape index (κ2) is 6.57. The summed E-state index contributed by atoms with van der Waals surface area (Å²) < 4.78 is 5.52. The molecular weight excluding hydrogens is 284 g/mol. The quantitative estimate of drug-likeness (QED) is 0.737. The average Bonchev–Trinajstić information content (AvgIpc) is 2.57. The van der Waals surface area contributed by atoms with Crippen LogP contribution in [0.1, 0.15) is 16.7 Å². The van der Waals surface area contributed by atoms with Crippen LogP contribution in [0.2, 0.25) is 0 Å². The predicted octanol–water partition coefficient (Wildman–Crippen LogP) is 4.97. The van der Waals surface area contributed by atoms with Crippen LogP contribution in [0.4, 0.5) is 0 Å². The summed E-state index contributed by atoms with van der Waals surface area (Å²) in [6.45, 7) is 2.09. The van der Waals surface area contributed by atoms with E-state index in [1.807, 2.05) is 30.3 Å². The summed E-state index contributed by atoms with van der Waals surface area (Å²) in [7, 11) is 1.69. The van der Waals surface area contributed by atoms with Crippen molar-refractivity contribution in [2.24, 2.45) is 0 Å². The van der Waals surface area contributed by atoms with Gasteiger partial charge in [-0.15, -0.1) is 0 Å². The fourth-order valence-electron chi connectivity index (χ4n) is 2.78. The Bertz CT molecular complexity index is 822. The standard InChI is InChI=1S/C21H20O2/c1-15-6-5-8-17(12-15)19-14-16(10-11-21(19)23-2)13-18-7-3-4-9-20(18)22/h3-12,14,22H,13H2,1-2H3. The molecule has 0 amide bonds. The monoisotopic (exact) mass is 304 g/mol. The first-order valence-corrected chi connectivity index (χ1v) is 7.68. The van der Waals surface area contributed by atoms with E-state index in [1.54, 1.807) is 13.2 Å². The molecule has 3 aromatic rings. The van der Waals surface area contributed by atoms with Crippen LogP contribution < -0.4 is 4.74 Å². The Morgan fingerprint density at radius 3 is 2.48 bits per heavy atom. The minimum absolute atomic E-state index is 0.334. The van der Waals surface area contributed by atoms with E-state index in [4.69, 9.17) is 4.74 Å². The highest BCUT2D eigenvalue weighted by Gasteiger charge is 2.09. The third-order valence-corrected chi connectivity index (χ3v) is 3.98. The number of hydrogen-bond donors (Lipinski definition) is 1. The first kappa shape index (κ1) is 15.2. The van der Waals surface area contributed by atoms with Crippen LogP contribution in [-0.4, -0.2) is 12.2 Å². The zero-order valence-corrected chi connectivity index (χ0v) is 13.4. The Morgan fingerprint density at radius 2 is 1.74 bits per heavy atom. The normalized spacial score (nSPS) is 10.5. The van der Waals surface area contributed by atoms with Crippen molar-refractivity contribution in [3.8, 4) is 22.6 Å². The number of hydrogen-bond acceptors (Lipinski definition) is 2. The maximum atomic E-state index is 9.97. The zero-order valence-electron chi connectivity index (χ0n) is 13.4. The zero-order chi connectivity index (χ0) is 16.2. The molecule has 0 spiro atoms. The van der Waals surface area contributed by atoms with Crippen LogP contribution in [0.15, 0.2) is 66.7 Å². The molecule has 0 saturated heterocycles. The van der Waals surface area contributed by atoms with Crippen LogP contribution >= 0.6 is 0 Å². The average molecular weight is 304 g/mol. The highest BCUT2D eigenvalue weighted by Crippen LogP contribution is 2.32. The van der Waals surface area contributed by atoms with E-state index in [0.29, 0.717) is 12.2 Å². The van der Waals surface area contributed by atoms with Gasteiger partial charge < -0.3 is 9.84 Å². The topological polar surface area (TPSA) is 29.5 Å². The number of methoxy groups -OCH3 is 1. The van der Waals surface area contributed by atoms with E-state index in [2.05, 4.69) is 37.3 Å². The minimum Gasteiger partial charge on any atom is -0.508 e. The van der Waals surface area contributed by atoms with Gasteiger partial charge in [0.05, 0.1) is 7.11 Å². The number of benzene rings is 3. The van der Waals surface area contributed by atoms with E-state index in [9.17, 15) is 5.11 Å². The molecule has 0 aliphatic rings. The van der Waals surface area contributed by atoms with Gasteiger partial charge >= 0.3 is 0 Å². The number of phenols is 1. The van der Waals surface area contributed by atoms with Crippen LogP contribution in [0, 0.1) is 6.92 Å². The highest BCUT2D eigenvalue weighted by molar-refractivity contribution is 5.72.